The van der Waals surface area contributed by atoms with Crippen LogP contribution in [0.15, 0.2) is 41.6 Å². The van der Waals surface area contributed by atoms with Gasteiger partial charge in [0, 0.05) is 11.2 Å². The van der Waals surface area contributed by atoms with Crippen LogP contribution in [0.1, 0.15) is 20.7 Å². The maximum absolute atomic E-state index is 12.4. The zero-order valence-electron chi connectivity index (χ0n) is 11.9. The molecule has 0 aliphatic carbocycles. The molecule has 0 aliphatic rings. The van der Waals surface area contributed by atoms with Crippen molar-refractivity contribution < 1.29 is 14.3 Å². The van der Waals surface area contributed by atoms with Gasteiger partial charge in [-0.25, -0.2) is 9.78 Å². The minimum Gasteiger partial charge on any atom is -0.465 e. The van der Waals surface area contributed by atoms with Crippen LogP contribution in [0.4, 0.5) is 5.69 Å². The molecule has 0 saturated carbocycles. The number of nitrogens with one attached hydrogen (secondary N) is 1. The summed E-state index contributed by atoms with van der Waals surface area (Å²) in [5.74, 6) is -0.923. The Morgan fingerprint density at radius 2 is 2.05 bits per heavy atom. The van der Waals surface area contributed by atoms with Gasteiger partial charge in [-0.2, -0.15) is 0 Å². The van der Waals surface area contributed by atoms with E-state index in [4.69, 9.17) is 16.3 Å². The van der Waals surface area contributed by atoms with Crippen LogP contribution < -0.4 is 5.32 Å². The van der Waals surface area contributed by atoms with Crippen LogP contribution in [0.2, 0.25) is 5.02 Å². The van der Waals surface area contributed by atoms with Gasteiger partial charge in [-0.15, -0.1) is 11.8 Å². The summed E-state index contributed by atoms with van der Waals surface area (Å²) >= 11 is 7.30. The first kappa shape index (κ1) is 16.3. The Hall–Kier alpha value is -2.05. The van der Waals surface area contributed by atoms with Gasteiger partial charge in [0.15, 0.2) is 0 Å². The highest BCUT2D eigenvalue weighted by Crippen LogP contribution is 2.24. The van der Waals surface area contributed by atoms with Gasteiger partial charge in [0.2, 0.25) is 0 Å². The molecule has 0 bridgehead atoms. The molecule has 1 N–H and O–H groups in total. The van der Waals surface area contributed by atoms with E-state index in [-0.39, 0.29) is 11.5 Å². The molecule has 1 amide bonds. The first-order chi connectivity index (χ1) is 10.6. The van der Waals surface area contributed by atoms with E-state index in [2.05, 4.69) is 10.3 Å². The Bertz CT molecular complexity index is 722. The summed E-state index contributed by atoms with van der Waals surface area (Å²) in [5.41, 5.74) is 0.945. The number of carbonyl (C=O) groups excluding carboxylic acids is 2. The fraction of sp³-hybridized carbons (Fsp3) is 0.133. The molecule has 0 radical (unpaired) electrons. The standard InChI is InChI=1S/C15H13ClN2O3S/c1-21-15(20)10-6-5-9(16)8-12(10)18-13(19)11-4-3-7-17-14(11)22-2/h3-8H,1-2H3,(H,18,19). The molecular weight excluding hydrogens is 324 g/mol. The molecule has 0 saturated heterocycles. The van der Waals surface area contributed by atoms with Crippen LogP contribution in [0, 0.1) is 0 Å². The second-order valence-corrected chi connectivity index (χ2v) is 5.43. The fourth-order valence-corrected chi connectivity index (χ4v) is 2.54. The van der Waals surface area contributed by atoms with E-state index in [0.29, 0.717) is 21.3 Å². The highest BCUT2D eigenvalue weighted by molar-refractivity contribution is 7.98. The van der Waals surface area contributed by atoms with Crippen LogP contribution >= 0.6 is 23.4 Å². The van der Waals surface area contributed by atoms with Crippen molar-refractivity contribution in [1.29, 1.82) is 0 Å². The third-order valence-corrected chi connectivity index (χ3v) is 3.79. The lowest BCUT2D eigenvalue weighted by Crippen LogP contribution is -2.16. The third-order valence-electron chi connectivity index (χ3n) is 2.84. The van der Waals surface area contributed by atoms with E-state index in [0.717, 1.165) is 0 Å². The van der Waals surface area contributed by atoms with Crippen molar-refractivity contribution in [1.82, 2.24) is 4.98 Å². The number of methoxy groups -OCH3 is 1. The smallest absolute Gasteiger partial charge is 0.339 e. The van der Waals surface area contributed by atoms with Crippen LogP contribution in [-0.4, -0.2) is 30.2 Å². The Morgan fingerprint density at radius 1 is 1.27 bits per heavy atom. The van der Waals surface area contributed by atoms with Gasteiger partial charge < -0.3 is 10.1 Å². The van der Waals surface area contributed by atoms with Gasteiger partial charge in [-0.3, -0.25) is 4.79 Å². The number of esters is 1. The second kappa shape index (κ2) is 7.29. The first-order valence-corrected chi connectivity index (χ1v) is 7.85. The predicted molar refractivity (Wildman–Crippen MR) is 86.8 cm³/mol. The van der Waals surface area contributed by atoms with Crippen molar-refractivity contribution in [2.75, 3.05) is 18.7 Å². The van der Waals surface area contributed by atoms with E-state index in [1.165, 1.54) is 31.0 Å². The normalized spacial score (nSPS) is 10.1. The number of anilines is 1. The van der Waals surface area contributed by atoms with Crippen molar-refractivity contribution >= 4 is 40.9 Å². The predicted octanol–water partition coefficient (Wildman–Crippen LogP) is 3.50. The Labute approximate surface area is 137 Å². The van der Waals surface area contributed by atoms with Crippen molar-refractivity contribution in [2.45, 2.75) is 5.03 Å². The van der Waals surface area contributed by atoms with Gasteiger partial charge in [-0.1, -0.05) is 11.6 Å². The van der Waals surface area contributed by atoms with E-state index in [1.807, 2.05) is 6.26 Å². The first-order valence-electron chi connectivity index (χ1n) is 6.25. The van der Waals surface area contributed by atoms with Crippen LogP contribution in [0.25, 0.3) is 0 Å². The number of ether oxygens (including phenoxy) is 1. The van der Waals surface area contributed by atoms with E-state index < -0.39 is 5.97 Å². The summed E-state index contributed by atoms with van der Waals surface area (Å²) in [4.78, 5) is 28.3. The van der Waals surface area contributed by atoms with Crippen molar-refractivity contribution in [3.63, 3.8) is 0 Å². The number of amides is 1. The minimum atomic E-state index is -0.553. The van der Waals surface area contributed by atoms with Gasteiger partial charge in [-0.05, 0) is 36.6 Å². The molecule has 1 aromatic carbocycles. The van der Waals surface area contributed by atoms with Gasteiger partial charge in [0.25, 0.3) is 5.91 Å². The molecule has 0 aliphatic heterocycles. The zero-order valence-corrected chi connectivity index (χ0v) is 13.5. The average molecular weight is 337 g/mol. The number of thioether (sulfide) groups is 1. The number of carbonyl (C=O) groups is 2. The van der Waals surface area contributed by atoms with E-state index in [9.17, 15) is 9.59 Å². The number of hydrogen-bond acceptors (Lipinski definition) is 5. The Balaban J connectivity index is 2.36. The second-order valence-electron chi connectivity index (χ2n) is 4.20. The van der Waals surface area contributed by atoms with Gasteiger partial charge >= 0.3 is 5.97 Å². The molecule has 0 spiro atoms. The molecular formula is C15H13ClN2O3S. The average Bonchev–Trinajstić information content (AvgIpc) is 2.54. The SMILES string of the molecule is COC(=O)c1ccc(Cl)cc1NC(=O)c1cccnc1SC. The molecule has 5 nitrogen and oxygen atoms in total. The molecule has 22 heavy (non-hydrogen) atoms. The summed E-state index contributed by atoms with van der Waals surface area (Å²) in [6, 6.07) is 7.90. The number of rotatable bonds is 4. The maximum Gasteiger partial charge on any atom is 0.339 e. The van der Waals surface area contributed by atoms with Crippen molar-refractivity contribution in [3.05, 3.63) is 52.7 Å². The zero-order chi connectivity index (χ0) is 16.1. The molecule has 7 heteroatoms. The molecule has 0 atom stereocenters. The van der Waals surface area contributed by atoms with Crippen LogP contribution in [0.3, 0.4) is 0 Å². The van der Waals surface area contributed by atoms with Gasteiger partial charge in [0.1, 0.15) is 5.03 Å². The molecule has 0 unspecified atom stereocenters. The quantitative estimate of drug-likeness (QED) is 0.683. The number of pyridine rings is 1. The fourth-order valence-electron chi connectivity index (χ4n) is 1.82. The molecule has 114 valence electrons. The summed E-state index contributed by atoms with van der Waals surface area (Å²) in [7, 11) is 1.27. The van der Waals surface area contributed by atoms with Gasteiger partial charge in [0.05, 0.1) is 23.9 Å². The lowest BCUT2D eigenvalue weighted by Gasteiger charge is -2.11. The lowest BCUT2D eigenvalue weighted by molar-refractivity contribution is 0.0602. The number of halogens is 1. The maximum atomic E-state index is 12.4. The minimum absolute atomic E-state index is 0.231. The highest BCUT2D eigenvalue weighted by Gasteiger charge is 2.17. The summed E-state index contributed by atoms with van der Waals surface area (Å²) in [6.45, 7) is 0. The molecule has 2 aromatic rings. The largest absolute Gasteiger partial charge is 0.465 e. The lowest BCUT2D eigenvalue weighted by atomic mass is 10.1. The van der Waals surface area contributed by atoms with E-state index >= 15 is 0 Å². The van der Waals surface area contributed by atoms with E-state index in [1.54, 1.807) is 24.4 Å². The molecule has 2 rings (SSSR count). The third kappa shape index (κ3) is 3.58. The number of benzene rings is 1. The topological polar surface area (TPSA) is 68.3 Å². The molecule has 0 fully saturated rings. The summed E-state index contributed by atoms with van der Waals surface area (Å²) < 4.78 is 4.70. The molecule has 1 heterocycles. The summed E-state index contributed by atoms with van der Waals surface area (Å²) in [5, 5.41) is 3.68. The summed E-state index contributed by atoms with van der Waals surface area (Å²) in [6.07, 6.45) is 3.44. The highest BCUT2D eigenvalue weighted by atomic mass is 35.5. The van der Waals surface area contributed by atoms with Crippen molar-refractivity contribution in [3.8, 4) is 0 Å². The number of nitrogens with zero attached hydrogens (tertiary/aromatic N) is 1. The number of aromatic nitrogens is 1. The Morgan fingerprint density at radius 3 is 2.73 bits per heavy atom. The monoisotopic (exact) mass is 336 g/mol. The van der Waals surface area contributed by atoms with Crippen molar-refractivity contribution in [2.24, 2.45) is 0 Å². The molecule has 1 aromatic heterocycles. The van der Waals surface area contributed by atoms with Crippen LogP contribution in [0.5, 0.6) is 0 Å². The Kier molecular flexibility index (Phi) is 5.41. The van der Waals surface area contributed by atoms with Crippen LogP contribution in [-0.2, 0) is 4.74 Å². The number of hydrogen-bond donors (Lipinski definition) is 1.